The summed E-state index contributed by atoms with van der Waals surface area (Å²) in [7, 11) is 1.54. The molecule has 0 unspecified atom stereocenters. The third kappa shape index (κ3) is 4.93. The molecule has 0 aromatic heterocycles. The molecule has 23 heavy (non-hydrogen) atoms. The molecule has 0 aliphatic carbocycles. The Morgan fingerprint density at radius 1 is 0.913 bits per heavy atom. The summed E-state index contributed by atoms with van der Waals surface area (Å²) in [6, 6.07) is 13.9. The number of rotatable bonds is 6. The van der Waals surface area contributed by atoms with Gasteiger partial charge >= 0.3 is 5.97 Å². The highest BCUT2D eigenvalue weighted by Crippen LogP contribution is 2.13. The van der Waals surface area contributed by atoms with Crippen molar-refractivity contribution in [1.29, 1.82) is 0 Å². The Hall–Kier alpha value is -2.66. The topological polar surface area (TPSA) is 64.6 Å². The summed E-state index contributed by atoms with van der Waals surface area (Å²) in [6.45, 7) is 2.53. The van der Waals surface area contributed by atoms with Gasteiger partial charge in [0.15, 0.2) is 0 Å². The lowest BCUT2D eigenvalue weighted by molar-refractivity contribution is 0.0388. The van der Waals surface area contributed by atoms with Crippen LogP contribution in [-0.2, 0) is 9.47 Å². The fourth-order valence-corrected chi connectivity index (χ4v) is 1.90. The predicted molar refractivity (Wildman–Crippen MR) is 87.7 cm³/mol. The van der Waals surface area contributed by atoms with Crippen LogP contribution < -0.4 is 5.32 Å². The van der Waals surface area contributed by atoms with Gasteiger partial charge in [-0.1, -0.05) is 17.7 Å². The van der Waals surface area contributed by atoms with Crippen molar-refractivity contribution >= 4 is 17.6 Å². The van der Waals surface area contributed by atoms with Crippen LogP contribution in [0.25, 0.3) is 0 Å². The summed E-state index contributed by atoms with van der Waals surface area (Å²) in [5.41, 5.74) is 2.72. The zero-order valence-corrected chi connectivity index (χ0v) is 13.2. The molecule has 2 rings (SSSR count). The molecule has 2 aromatic carbocycles. The van der Waals surface area contributed by atoms with E-state index in [4.69, 9.17) is 9.47 Å². The number of amides is 1. The molecule has 1 amide bonds. The Morgan fingerprint density at radius 2 is 1.52 bits per heavy atom. The lowest BCUT2D eigenvalue weighted by Crippen LogP contribution is -2.12. The Bertz CT molecular complexity index is 662. The average Bonchev–Trinajstić information content (AvgIpc) is 2.56. The summed E-state index contributed by atoms with van der Waals surface area (Å²) in [4.78, 5) is 23.8. The summed E-state index contributed by atoms with van der Waals surface area (Å²) in [5.74, 6) is -0.612. The maximum absolute atomic E-state index is 12.1. The van der Waals surface area contributed by atoms with Crippen LogP contribution in [0, 0.1) is 6.92 Å². The van der Waals surface area contributed by atoms with Gasteiger partial charge in [-0.3, -0.25) is 4.79 Å². The zero-order chi connectivity index (χ0) is 16.7. The number of esters is 1. The second kappa shape index (κ2) is 8.10. The van der Waals surface area contributed by atoms with E-state index in [1.165, 1.54) is 0 Å². The molecule has 0 aliphatic heterocycles. The first-order chi connectivity index (χ1) is 11.1. The first kappa shape index (κ1) is 16.7. The van der Waals surface area contributed by atoms with Gasteiger partial charge < -0.3 is 14.8 Å². The second-order valence-electron chi connectivity index (χ2n) is 5.03. The van der Waals surface area contributed by atoms with Crippen molar-refractivity contribution in [3.8, 4) is 0 Å². The second-order valence-corrected chi connectivity index (χ2v) is 5.03. The zero-order valence-electron chi connectivity index (χ0n) is 13.2. The maximum Gasteiger partial charge on any atom is 0.338 e. The lowest BCUT2D eigenvalue weighted by Gasteiger charge is -2.07. The predicted octanol–water partition coefficient (Wildman–Crippen LogP) is 3.05. The molecule has 1 N–H and O–H groups in total. The average molecular weight is 313 g/mol. The minimum absolute atomic E-state index is 0.194. The quantitative estimate of drug-likeness (QED) is 0.657. The minimum Gasteiger partial charge on any atom is -0.460 e. The molecule has 0 atom stereocenters. The number of benzene rings is 2. The van der Waals surface area contributed by atoms with Gasteiger partial charge in [0, 0.05) is 18.4 Å². The molecular formula is C18H19NO4. The fourth-order valence-electron chi connectivity index (χ4n) is 1.90. The van der Waals surface area contributed by atoms with Gasteiger partial charge in [0.2, 0.25) is 0 Å². The van der Waals surface area contributed by atoms with Crippen molar-refractivity contribution in [2.75, 3.05) is 25.6 Å². The smallest absolute Gasteiger partial charge is 0.338 e. The SMILES string of the molecule is COCCOC(=O)c1ccc(NC(=O)c2ccc(C)cc2)cc1. The number of ether oxygens (including phenoxy) is 2. The molecule has 0 saturated carbocycles. The number of hydrogen-bond donors (Lipinski definition) is 1. The van der Waals surface area contributed by atoms with Gasteiger partial charge in [0.1, 0.15) is 6.61 Å². The normalized spacial score (nSPS) is 10.2. The van der Waals surface area contributed by atoms with Gasteiger partial charge in [-0.25, -0.2) is 4.79 Å². The number of aryl methyl sites for hydroxylation is 1. The molecule has 0 saturated heterocycles. The molecule has 0 spiro atoms. The molecule has 0 aliphatic rings. The lowest BCUT2D eigenvalue weighted by atomic mass is 10.1. The van der Waals surface area contributed by atoms with E-state index in [0.717, 1.165) is 5.56 Å². The van der Waals surface area contributed by atoms with Crippen molar-refractivity contribution in [1.82, 2.24) is 0 Å². The van der Waals surface area contributed by atoms with E-state index >= 15 is 0 Å². The molecule has 5 heteroatoms. The van der Waals surface area contributed by atoms with Crippen molar-refractivity contribution < 1.29 is 19.1 Å². The molecule has 0 bridgehead atoms. The van der Waals surface area contributed by atoms with E-state index in [-0.39, 0.29) is 12.5 Å². The van der Waals surface area contributed by atoms with Crippen LogP contribution >= 0.6 is 0 Å². The molecule has 0 radical (unpaired) electrons. The molecule has 120 valence electrons. The summed E-state index contributed by atoms with van der Waals surface area (Å²) >= 11 is 0. The van der Waals surface area contributed by atoms with Crippen molar-refractivity contribution in [3.05, 3.63) is 65.2 Å². The fraction of sp³-hybridized carbons (Fsp3) is 0.222. The van der Waals surface area contributed by atoms with Crippen molar-refractivity contribution in [3.63, 3.8) is 0 Å². The van der Waals surface area contributed by atoms with Crippen molar-refractivity contribution in [2.45, 2.75) is 6.92 Å². The van der Waals surface area contributed by atoms with Crippen LogP contribution in [0.2, 0.25) is 0 Å². The summed E-state index contributed by atoms with van der Waals surface area (Å²) < 4.78 is 9.83. The highest BCUT2D eigenvalue weighted by atomic mass is 16.6. The van der Waals surface area contributed by atoms with E-state index in [0.29, 0.717) is 23.4 Å². The number of hydrogen-bond acceptors (Lipinski definition) is 4. The Labute approximate surface area is 135 Å². The van der Waals surface area contributed by atoms with Crippen molar-refractivity contribution in [2.24, 2.45) is 0 Å². The minimum atomic E-state index is -0.418. The summed E-state index contributed by atoms with van der Waals surface area (Å²) in [6.07, 6.45) is 0. The van der Waals surface area contributed by atoms with E-state index in [1.54, 1.807) is 43.5 Å². The largest absolute Gasteiger partial charge is 0.460 e. The Balaban J connectivity index is 1.95. The third-order valence-electron chi connectivity index (χ3n) is 3.21. The van der Waals surface area contributed by atoms with Gasteiger partial charge in [-0.05, 0) is 43.3 Å². The van der Waals surface area contributed by atoms with Crippen LogP contribution in [0.4, 0.5) is 5.69 Å². The highest BCUT2D eigenvalue weighted by Gasteiger charge is 2.09. The molecule has 0 heterocycles. The Morgan fingerprint density at radius 3 is 2.13 bits per heavy atom. The number of carbonyl (C=O) groups is 2. The standard InChI is InChI=1S/C18H19NO4/c1-13-3-5-14(6-4-13)17(20)19-16-9-7-15(8-10-16)18(21)23-12-11-22-2/h3-10H,11-12H2,1-2H3,(H,19,20). The molecule has 2 aromatic rings. The van der Waals surface area contributed by atoms with Gasteiger partial charge in [0.25, 0.3) is 5.91 Å². The van der Waals surface area contributed by atoms with Gasteiger partial charge in [-0.15, -0.1) is 0 Å². The monoisotopic (exact) mass is 313 g/mol. The number of methoxy groups -OCH3 is 1. The maximum atomic E-state index is 12.1. The van der Waals surface area contributed by atoms with E-state index in [1.807, 2.05) is 19.1 Å². The molecule has 5 nitrogen and oxygen atoms in total. The van der Waals surface area contributed by atoms with Gasteiger partial charge in [0.05, 0.1) is 12.2 Å². The molecule has 0 fully saturated rings. The van der Waals surface area contributed by atoms with E-state index in [9.17, 15) is 9.59 Å². The number of nitrogens with one attached hydrogen (secondary N) is 1. The summed E-state index contributed by atoms with van der Waals surface area (Å²) in [5, 5.41) is 2.79. The van der Waals surface area contributed by atoms with Crippen LogP contribution in [0.1, 0.15) is 26.3 Å². The van der Waals surface area contributed by atoms with E-state index < -0.39 is 5.97 Å². The molecular weight excluding hydrogens is 294 g/mol. The van der Waals surface area contributed by atoms with E-state index in [2.05, 4.69) is 5.32 Å². The number of carbonyl (C=O) groups excluding carboxylic acids is 2. The first-order valence-electron chi connectivity index (χ1n) is 7.24. The highest BCUT2D eigenvalue weighted by molar-refractivity contribution is 6.04. The van der Waals surface area contributed by atoms with Crippen LogP contribution in [-0.4, -0.2) is 32.2 Å². The van der Waals surface area contributed by atoms with Crippen LogP contribution in [0.3, 0.4) is 0 Å². The van der Waals surface area contributed by atoms with Crippen LogP contribution in [0.15, 0.2) is 48.5 Å². The number of anilines is 1. The van der Waals surface area contributed by atoms with Gasteiger partial charge in [-0.2, -0.15) is 0 Å². The third-order valence-corrected chi connectivity index (χ3v) is 3.21. The first-order valence-corrected chi connectivity index (χ1v) is 7.24. The van der Waals surface area contributed by atoms with Crippen LogP contribution in [0.5, 0.6) is 0 Å². The Kier molecular flexibility index (Phi) is 5.88.